The maximum absolute atomic E-state index is 9.49. The van der Waals surface area contributed by atoms with Gasteiger partial charge in [-0.2, -0.15) is 0 Å². The number of allylic oxidation sites excluding steroid dienone is 4. The van der Waals surface area contributed by atoms with Gasteiger partial charge in [-0.15, -0.1) is 0 Å². The molecular weight excluding hydrogens is 280 g/mol. The van der Waals surface area contributed by atoms with E-state index in [1.54, 1.807) is 0 Å². The van der Waals surface area contributed by atoms with Gasteiger partial charge in [-0.1, -0.05) is 37.5 Å². The molecule has 0 N–H and O–H groups in total. The van der Waals surface area contributed by atoms with Gasteiger partial charge in [0, 0.05) is 0 Å². The zero-order valence-corrected chi connectivity index (χ0v) is 13.1. The lowest BCUT2D eigenvalue weighted by atomic mass is 9.86. The van der Waals surface area contributed by atoms with Crippen molar-refractivity contribution in [3.63, 3.8) is 0 Å². The van der Waals surface area contributed by atoms with Gasteiger partial charge >= 0.3 is 0 Å². The van der Waals surface area contributed by atoms with Gasteiger partial charge in [0.1, 0.15) is 0 Å². The summed E-state index contributed by atoms with van der Waals surface area (Å²) in [6, 6.07) is 0. The summed E-state index contributed by atoms with van der Waals surface area (Å²) >= 11 is 0. The first-order valence-corrected chi connectivity index (χ1v) is 7.32. The molecular formula is C18H22O4-2. The summed E-state index contributed by atoms with van der Waals surface area (Å²) in [5.41, 5.74) is 0.130. The summed E-state index contributed by atoms with van der Waals surface area (Å²) in [4.78, 5) is 19.0. The van der Waals surface area contributed by atoms with E-state index in [2.05, 4.69) is 37.5 Å². The highest BCUT2D eigenvalue weighted by molar-refractivity contribution is 5.83. The van der Waals surface area contributed by atoms with Gasteiger partial charge in [0.15, 0.2) is 0 Å². The summed E-state index contributed by atoms with van der Waals surface area (Å²) in [6.45, 7) is 8.95. The van der Waals surface area contributed by atoms with Gasteiger partial charge in [0.25, 0.3) is 0 Å². The van der Waals surface area contributed by atoms with E-state index in [9.17, 15) is 19.8 Å². The lowest BCUT2D eigenvalue weighted by Gasteiger charge is -2.18. The molecule has 1 saturated carbocycles. The fourth-order valence-electron chi connectivity index (χ4n) is 2.97. The molecule has 0 aromatic heterocycles. The van der Waals surface area contributed by atoms with Crippen LogP contribution in [0, 0.1) is 23.7 Å². The Morgan fingerprint density at radius 2 is 1.41 bits per heavy atom. The highest BCUT2D eigenvalue weighted by Crippen LogP contribution is 2.52. The maximum atomic E-state index is 9.49. The number of carbonyl (C=O) groups excluding carboxylic acids is 2. The van der Waals surface area contributed by atoms with Crippen LogP contribution in [-0.4, -0.2) is 11.9 Å². The van der Waals surface area contributed by atoms with Gasteiger partial charge in [0.2, 0.25) is 0 Å². The Hall–Kier alpha value is -2.10. The van der Waals surface area contributed by atoms with Crippen molar-refractivity contribution in [3.05, 3.63) is 48.6 Å². The third kappa shape index (κ3) is 4.72. The summed E-state index contributed by atoms with van der Waals surface area (Å²) in [5, 5.41) is 19.0. The minimum Gasteiger partial charge on any atom is -0.545 e. The number of carboxylic acid groups (broad SMARTS) is 2. The van der Waals surface area contributed by atoms with Crippen LogP contribution in [0.25, 0.3) is 0 Å². The smallest absolute Gasteiger partial charge is 0.0666 e. The van der Waals surface area contributed by atoms with E-state index in [-0.39, 0.29) is 11.1 Å². The molecule has 0 radical (unpaired) electrons. The van der Waals surface area contributed by atoms with Crippen LogP contribution in [0.15, 0.2) is 48.6 Å². The van der Waals surface area contributed by atoms with Crippen LogP contribution in [0.4, 0.5) is 0 Å². The number of carboxylic acids is 2. The fraction of sp³-hybridized carbons (Fsp3) is 0.444. The Kier molecular flexibility index (Phi) is 6.35. The second-order valence-electron chi connectivity index (χ2n) is 5.99. The van der Waals surface area contributed by atoms with Gasteiger partial charge in [0.05, 0.1) is 11.9 Å². The quantitative estimate of drug-likeness (QED) is 0.563. The number of aliphatic carboxylic acids is 2. The number of hydrogen-bond acceptors (Lipinski definition) is 4. The molecule has 1 fully saturated rings. The Morgan fingerprint density at radius 3 is 1.82 bits per heavy atom. The first kappa shape index (κ1) is 18.0. The molecule has 3 aliphatic carbocycles. The number of hydrogen-bond donors (Lipinski definition) is 0. The highest BCUT2D eigenvalue weighted by Gasteiger charge is 2.44. The Balaban J connectivity index is 0.000000179. The van der Waals surface area contributed by atoms with E-state index in [1.165, 1.54) is 26.7 Å². The van der Waals surface area contributed by atoms with E-state index in [0.29, 0.717) is 0 Å². The largest absolute Gasteiger partial charge is 0.545 e. The van der Waals surface area contributed by atoms with E-state index in [0.717, 1.165) is 23.7 Å². The van der Waals surface area contributed by atoms with Crippen LogP contribution < -0.4 is 10.2 Å². The Bertz CT molecular complexity index is 479. The van der Waals surface area contributed by atoms with Gasteiger partial charge < -0.3 is 19.8 Å². The van der Waals surface area contributed by atoms with Crippen LogP contribution >= 0.6 is 0 Å². The SMILES string of the molecule is C1=CC2C3C=CC(C3)C2C1.C=C(C)C(=O)[O-].C=C(C)C(=O)[O-]. The standard InChI is InChI=1S/C10H12.2C4H6O2/c1-2-9-7-4-5-8(6-7)10(9)3-1;2*1-3(2)4(5)6/h1-2,4-5,7-10H,3,6H2;2*1H2,2H3,(H,5,6)/p-2. The van der Waals surface area contributed by atoms with Crippen molar-refractivity contribution in [2.75, 3.05) is 0 Å². The van der Waals surface area contributed by atoms with Crippen molar-refractivity contribution in [1.29, 1.82) is 0 Å². The van der Waals surface area contributed by atoms with Crippen molar-refractivity contribution in [2.45, 2.75) is 26.7 Å². The third-order valence-electron chi connectivity index (χ3n) is 4.15. The van der Waals surface area contributed by atoms with E-state index in [4.69, 9.17) is 0 Å². The average molecular weight is 302 g/mol. The minimum absolute atomic E-state index is 0.0648. The molecule has 2 bridgehead atoms. The molecule has 0 amide bonds. The Labute approximate surface area is 131 Å². The van der Waals surface area contributed by atoms with Crippen molar-refractivity contribution >= 4 is 11.9 Å². The van der Waals surface area contributed by atoms with E-state index >= 15 is 0 Å². The van der Waals surface area contributed by atoms with Crippen molar-refractivity contribution < 1.29 is 19.8 Å². The molecule has 3 aliphatic rings. The molecule has 4 atom stereocenters. The monoisotopic (exact) mass is 302 g/mol. The number of rotatable bonds is 2. The average Bonchev–Trinajstić information content (AvgIpc) is 3.14. The normalized spacial score (nSPS) is 28.8. The number of carbonyl (C=O) groups is 2. The predicted octanol–water partition coefficient (Wildman–Crippen LogP) is 1.01. The topological polar surface area (TPSA) is 80.3 Å². The lowest BCUT2D eigenvalue weighted by molar-refractivity contribution is -0.300. The van der Waals surface area contributed by atoms with Gasteiger partial charge in [-0.25, -0.2) is 0 Å². The second-order valence-corrected chi connectivity index (χ2v) is 5.99. The minimum atomic E-state index is -1.19. The second kappa shape index (κ2) is 7.78. The van der Waals surface area contributed by atoms with Gasteiger partial charge in [-0.05, 0) is 61.5 Å². The van der Waals surface area contributed by atoms with Crippen LogP contribution in [0.2, 0.25) is 0 Å². The molecule has 0 heterocycles. The Morgan fingerprint density at radius 1 is 0.955 bits per heavy atom. The third-order valence-corrected chi connectivity index (χ3v) is 4.15. The zero-order chi connectivity index (χ0) is 16.9. The first-order valence-electron chi connectivity index (χ1n) is 7.32. The van der Waals surface area contributed by atoms with Crippen molar-refractivity contribution in [1.82, 2.24) is 0 Å². The van der Waals surface area contributed by atoms with Crippen LogP contribution in [0.3, 0.4) is 0 Å². The molecule has 0 spiro atoms. The van der Waals surface area contributed by atoms with Crippen LogP contribution in [0.5, 0.6) is 0 Å². The number of fused-ring (bicyclic) bond motifs is 5. The van der Waals surface area contributed by atoms with Crippen molar-refractivity contribution in [3.8, 4) is 0 Å². The summed E-state index contributed by atoms with van der Waals surface area (Å²) in [5.74, 6) is 1.45. The molecule has 0 aliphatic heterocycles. The van der Waals surface area contributed by atoms with E-state index in [1.807, 2.05) is 0 Å². The predicted molar refractivity (Wildman–Crippen MR) is 81.1 cm³/mol. The first-order chi connectivity index (χ1) is 10.2. The van der Waals surface area contributed by atoms with E-state index < -0.39 is 11.9 Å². The fourth-order valence-corrected chi connectivity index (χ4v) is 2.97. The molecule has 22 heavy (non-hydrogen) atoms. The summed E-state index contributed by atoms with van der Waals surface area (Å²) in [7, 11) is 0. The summed E-state index contributed by atoms with van der Waals surface area (Å²) in [6.07, 6.45) is 12.5. The summed E-state index contributed by atoms with van der Waals surface area (Å²) < 4.78 is 0. The van der Waals surface area contributed by atoms with Crippen LogP contribution in [0.1, 0.15) is 26.7 Å². The maximum Gasteiger partial charge on any atom is 0.0666 e. The molecule has 0 aromatic carbocycles. The highest BCUT2D eigenvalue weighted by atomic mass is 16.4. The lowest BCUT2D eigenvalue weighted by Crippen LogP contribution is -2.22. The molecule has 0 aromatic rings. The van der Waals surface area contributed by atoms with Crippen LogP contribution in [-0.2, 0) is 9.59 Å². The molecule has 120 valence electrons. The molecule has 3 rings (SSSR count). The van der Waals surface area contributed by atoms with Crippen molar-refractivity contribution in [2.24, 2.45) is 23.7 Å². The molecule has 4 unspecified atom stereocenters. The molecule has 0 saturated heterocycles. The molecule has 4 heteroatoms. The van der Waals surface area contributed by atoms with Gasteiger partial charge in [-0.3, -0.25) is 0 Å². The zero-order valence-electron chi connectivity index (χ0n) is 13.1. The molecule has 4 nitrogen and oxygen atoms in total.